The first kappa shape index (κ1) is 14.9. The molecule has 4 heteroatoms. The van der Waals surface area contributed by atoms with Crippen LogP contribution >= 0.6 is 12.6 Å². The van der Waals surface area contributed by atoms with E-state index in [2.05, 4.69) is 18.7 Å². The highest BCUT2D eigenvalue weighted by Crippen LogP contribution is 2.19. The van der Waals surface area contributed by atoms with Crippen LogP contribution in [0.1, 0.15) is 24.5 Å². The molecule has 0 radical (unpaired) electrons. The fourth-order valence-electron chi connectivity index (χ4n) is 1.78. The molecule has 0 fully saturated rings. The Morgan fingerprint density at radius 1 is 1.44 bits per heavy atom. The number of aryl methyl sites for hydroxylation is 1. The highest BCUT2D eigenvalue weighted by Gasteiger charge is 2.09. The molecule has 0 unspecified atom stereocenters. The molecule has 0 heterocycles. The Kier molecular flexibility index (Phi) is 6.05. The van der Waals surface area contributed by atoms with Gasteiger partial charge >= 0.3 is 0 Å². The van der Waals surface area contributed by atoms with Crippen molar-refractivity contribution in [3.8, 4) is 5.75 Å². The molecular formula is C14H21NO2S. The second kappa shape index (κ2) is 7.31. The summed E-state index contributed by atoms with van der Waals surface area (Å²) in [5.41, 5.74) is 2.22. The second-order valence-electron chi connectivity index (χ2n) is 4.26. The van der Waals surface area contributed by atoms with E-state index in [1.807, 2.05) is 33.0 Å². The monoisotopic (exact) mass is 267 g/mol. The zero-order chi connectivity index (χ0) is 13.5. The molecule has 0 aliphatic rings. The van der Waals surface area contributed by atoms with Crippen molar-refractivity contribution >= 4 is 18.5 Å². The molecule has 0 spiro atoms. The number of rotatable bonds is 6. The van der Waals surface area contributed by atoms with Crippen molar-refractivity contribution in [2.24, 2.45) is 0 Å². The lowest BCUT2D eigenvalue weighted by Gasteiger charge is -2.17. The topological polar surface area (TPSA) is 29.5 Å². The van der Waals surface area contributed by atoms with Crippen molar-refractivity contribution < 1.29 is 9.53 Å². The van der Waals surface area contributed by atoms with Gasteiger partial charge in [0.1, 0.15) is 5.75 Å². The van der Waals surface area contributed by atoms with E-state index >= 15 is 0 Å². The third kappa shape index (κ3) is 4.26. The zero-order valence-corrected chi connectivity index (χ0v) is 12.2. The summed E-state index contributed by atoms with van der Waals surface area (Å²) in [5, 5.41) is 0. The predicted octanol–water partition coefficient (Wildman–Crippen LogP) is 2.67. The molecule has 3 nitrogen and oxygen atoms in total. The molecule has 0 aliphatic heterocycles. The molecule has 0 N–H and O–H groups in total. The first-order chi connectivity index (χ1) is 8.58. The Labute approximate surface area is 115 Å². The summed E-state index contributed by atoms with van der Waals surface area (Å²) in [7, 11) is 1.82. The summed E-state index contributed by atoms with van der Waals surface area (Å²) < 4.78 is 5.49. The minimum absolute atomic E-state index is 0.122. The van der Waals surface area contributed by atoms with Crippen molar-refractivity contribution in [1.82, 2.24) is 4.90 Å². The summed E-state index contributed by atoms with van der Waals surface area (Å²) in [6, 6.07) is 6.03. The first-order valence-corrected chi connectivity index (χ1v) is 6.78. The first-order valence-electron chi connectivity index (χ1n) is 6.15. The molecule has 1 aromatic rings. The largest absolute Gasteiger partial charge is 0.494 e. The van der Waals surface area contributed by atoms with E-state index in [9.17, 15) is 4.79 Å². The highest BCUT2D eigenvalue weighted by atomic mass is 32.1. The quantitative estimate of drug-likeness (QED) is 0.803. The van der Waals surface area contributed by atoms with Crippen LogP contribution in [0, 0.1) is 6.92 Å². The summed E-state index contributed by atoms with van der Waals surface area (Å²) in [5.74, 6) is 1.62. The van der Waals surface area contributed by atoms with Crippen molar-refractivity contribution in [2.75, 3.05) is 19.4 Å². The van der Waals surface area contributed by atoms with Crippen LogP contribution in [0.3, 0.4) is 0 Å². The van der Waals surface area contributed by atoms with Gasteiger partial charge in [-0.1, -0.05) is 12.1 Å². The van der Waals surface area contributed by atoms with E-state index < -0.39 is 0 Å². The number of carbonyl (C=O) groups excluding carboxylic acids is 1. The second-order valence-corrected chi connectivity index (χ2v) is 4.70. The van der Waals surface area contributed by atoms with Gasteiger partial charge in [-0.05, 0) is 36.8 Å². The Bertz CT molecular complexity index is 407. The Balaban J connectivity index is 2.68. The predicted molar refractivity (Wildman–Crippen MR) is 77.3 cm³/mol. The summed E-state index contributed by atoms with van der Waals surface area (Å²) >= 11 is 4.07. The smallest absolute Gasteiger partial charge is 0.223 e. The lowest BCUT2D eigenvalue weighted by molar-refractivity contribution is -0.129. The van der Waals surface area contributed by atoms with Crippen LogP contribution in [0.4, 0.5) is 0 Å². The number of carbonyl (C=O) groups is 1. The van der Waals surface area contributed by atoms with Crippen molar-refractivity contribution in [3.63, 3.8) is 0 Å². The lowest BCUT2D eigenvalue weighted by atomic mass is 10.1. The maximum absolute atomic E-state index is 11.7. The third-order valence-electron chi connectivity index (χ3n) is 2.71. The molecular weight excluding hydrogens is 246 g/mol. The normalized spacial score (nSPS) is 10.2. The van der Waals surface area contributed by atoms with Crippen LogP contribution in [-0.4, -0.2) is 30.2 Å². The molecule has 1 rings (SSSR count). The Hall–Kier alpha value is -1.16. The molecule has 0 atom stereocenters. The number of hydrogen-bond acceptors (Lipinski definition) is 3. The number of amides is 1. The van der Waals surface area contributed by atoms with Crippen LogP contribution in [0.2, 0.25) is 0 Å². The lowest BCUT2D eigenvalue weighted by Crippen LogP contribution is -2.26. The van der Waals surface area contributed by atoms with Gasteiger partial charge in [-0.3, -0.25) is 4.79 Å². The van der Waals surface area contributed by atoms with Gasteiger partial charge in [0.05, 0.1) is 6.61 Å². The molecule has 0 saturated carbocycles. The molecule has 0 saturated heterocycles. The van der Waals surface area contributed by atoms with E-state index in [-0.39, 0.29) is 5.91 Å². The van der Waals surface area contributed by atoms with Crippen LogP contribution in [0.5, 0.6) is 5.75 Å². The molecule has 0 aliphatic carbocycles. The molecule has 0 aromatic heterocycles. The molecule has 0 bridgehead atoms. The third-order valence-corrected chi connectivity index (χ3v) is 2.93. The van der Waals surface area contributed by atoms with Crippen LogP contribution in [0.25, 0.3) is 0 Å². The molecule has 1 amide bonds. The fraction of sp³-hybridized carbons (Fsp3) is 0.500. The van der Waals surface area contributed by atoms with Crippen LogP contribution in [0.15, 0.2) is 18.2 Å². The fourth-order valence-corrected chi connectivity index (χ4v) is 1.97. The van der Waals surface area contributed by atoms with Crippen molar-refractivity contribution in [3.05, 3.63) is 29.3 Å². The van der Waals surface area contributed by atoms with E-state index in [0.717, 1.165) is 16.9 Å². The molecule has 18 heavy (non-hydrogen) atoms. The van der Waals surface area contributed by atoms with E-state index in [1.54, 1.807) is 4.90 Å². The van der Waals surface area contributed by atoms with E-state index in [0.29, 0.717) is 25.3 Å². The summed E-state index contributed by atoms with van der Waals surface area (Å²) in [4.78, 5) is 13.4. The molecule has 100 valence electrons. The summed E-state index contributed by atoms with van der Waals surface area (Å²) in [6.45, 7) is 5.28. The van der Waals surface area contributed by atoms with Gasteiger partial charge < -0.3 is 9.64 Å². The number of hydrogen-bond donors (Lipinski definition) is 1. The average molecular weight is 267 g/mol. The maximum atomic E-state index is 11.7. The van der Waals surface area contributed by atoms with E-state index in [4.69, 9.17) is 4.74 Å². The van der Waals surface area contributed by atoms with Gasteiger partial charge in [0.25, 0.3) is 0 Å². The van der Waals surface area contributed by atoms with Gasteiger partial charge in [-0.2, -0.15) is 12.6 Å². The van der Waals surface area contributed by atoms with Crippen LogP contribution < -0.4 is 4.74 Å². The highest BCUT2D eigenvalue weighted by molar-refractivity contribution is 7.80. The van der Waals surface area contributed by atoms with Gasteiger partial charge in [0.2, 0.25) is 5.91 Å². The number of nitrogens with zero attached hydrogens (tertiary/aromatic N) is 1. The SMILES string of the molecule is CCOc1ccc(CN(C)C(=O)CCS)cc1C. The van der Waals surface area contributed by atoms with Gasteiger partial charge in [0, 0.05) is 20.0 Å². The van der Waals surface area contributed by atoms with E-state index in [1.165, 1.54) is 0 Å². The number of benzene rings is 1. The standard InChI is InChI=1S/C14H21NO2S/c1-4-17-13-6-5-12(9-11(13)2)10-15(3)14(16)7-8-18/h5-6,9,18H,4,7-8,10H2,1-3H3. The zero-order valence-electron chi connectivity index (χ0n) is 11.3. The summed E-state index contributed by atoms with van der Waals surface area (Å²) in [6.07, 6.45) is 0.482. The number of ether oxygens (including phenoxy) is 1. The maximum Gasteiger partial charge on any atom is 0.223 e. The van der Waals surface area contributed by atoms with Crippen molar-refractivity contribution in [2.45, 2.75) is 26.8 Å². The van der Waals surface area contributed by atoms with Gasteiger partial charge in [-0.25, -0.2) is 0 Å². The molecule has 1 aromatic carbocycles. The Morgan fingerprint density at radius 3 is 2.72 bits per heavy atom. The average Bonchev–Trinajstić information content (AvgIpc) is 2.33. The van der Waals surface area contributed by atoms with Crippen molar-refractivity contribution in [1.29, 1.82) is 0 Å². The minimum atomic E-state index is 0.122. The van der Waals surface area contributed by atoms with Gasteiger partial charge in [0.15, 0.2) is 0 Å². The van der Waals surface area contributed by atoms with Crippen LogP contribution in [-0.2, 0) is 11.3 Å². The van der Waals surface area contributed by atoms with Gasteiger partial charge in [-0.15, -0.1) is 0 Å². The minimum Gasteiger partial charge on any atom is -0.494 e. The Morgan fingerprint density at radius 2 is 2.17 bits per heavy atom. The number of thiol groups is 1.